The van der Waals surface area contributed by atoms with Crippen LogP contribution in [0.1, 0.15) is 11.8 Å². The molecule has 0 spiro atoms. The van der Waals surface area contributed by atoms with Gasteiger partial charge in [0.2, 0.25) is 0 Å². The number of thiophene rings is 1. The van der Waals surface area contributed by atoms with Crippen molar-refractivity contribution in [1.29, 1.82) is 0 Å². The largest absolute Gasteiger partial charge is 0.327 e. The standard InChI is InChI=1S/C13H15NS/c1-2-10(9-14)7-12-8-11-5-3-4-6-13(11)15-12/h2-6,8H,7,9,14H2,1H3/b10-2-. The highest BCUT2D eigenvalue weighted by atomic mass is 32.1. The average molecular weight is 217 g/mol. The molecular formula is C13H15NS. The molecule has 0 amide bonds. The number of nitrogens with two attached hydrogens (primary N) is 1. The van der Waals surface area contributed by atoms with E-state index in [1.54, 1.807) is 0 Å². The Hall–Kier alpha value is -1.12. The molecule has 1 nitrogen and oxygen atoms in total. The summed E-state index contributed by atoms with van der Waals surface area (Å²) in [4.78, 5) is 1.40. The van der Waals surface area contributed by atoms with Crippen LogP contribution in [0, 0.1) is 0 Å². The number of rotatable bonds is 3. The summed E-state index contributed by atoms with van der Waals surface area (Å²) in [5, 5.41) is 1.34. The Bertz CT molecular complexity index is 449. The van der Waals surface area contributed by atoms with Crippen molar-refractivity contribution in [2.45, 2.75) is 13.3 Å². The molecule has 1 heterocycles. The Morgan fingerprint density at radius 2 is 2.20 bits per heavy atom. The van der Waals surface area contributed by atoms with Crippen molar-refractivity contribution < 1.29 is 0 Å². The minimum atomic E-state index is 0.657. The average Bonchev–Trinajstić information content (AvgIpc) is 2.68. The maximum absolute atomic E-state index is 5.66. The van der Waals surface area contributed by atoms with E-state index in [-0.39, 0.29) is 0 Å². The zero-order valence-electron chi connectivity index (χ0n) is 8.86. The SMILES string of the molecule is C/C=C(\CN)Cc1cc2ccccc2s1. The van der Waals surface area contributed by atoms with E-state index in [0.717, 1.165) is 6.42 Å². The van der Waals surface area contributed by atoms with Gasteiger partial charge in [-0.15, -0.1) is 11.3 Å². The van der Waals surface area contributed by atoms with Gasteiger partial charge in [0, 0.05) is 22.5 Å². The molecule has 2 heteroatoms. The quantitative estimate of drug-likeness (QED) is 0.784. The van der Waals surface area contributed by atoms with Gasteiger partial charge in [0.1, 0.15) is 0 Å². The summed E-state index contributed by atoms with van der Waals surface area (Å²) >= 11 is 1.86. The Labute approximate surface area is 94.2 Å². The van der Waals surface area contributed by atoms with Gasteiger partial charge in [0.05, 0.1) is 0 Å². The van der Waals surface area contributed by atoms with E-state index in [4.69, 9.17) is 5.73 Å². The summed E-state index contributed by atoms with van der Waals surface area (Å²) in [5.74, 6) is 0. The van der Waals surface area contributed by atoms with E-state index in [2.05, 4.69) is 43.3 Å². The summed E-state index contributed by atoms with van der Waals surface area (Å²) in [6.45, 7) is 2.71. The maximum Gasteiger partial charge on any atom is 0.0345 e. The van der Waals surface area contributed by atoms with Crippen LogP contribution in [0.15, 0.2) is 42.0 Å². The van der Waals surface area contributed by atoms with Gasteiger partial charge in [-0.2, -0.15) is 0 Å². The monoisotopic (exact) mass is 217 g/mol. The molecule has 0 bridgehead atoms. The molecule has 0 fully saturated rings. The van der Waals surface area contributed by atoms with Crippen LogP contribution in [0.3, 0.4) is 0 Å². The summed E-state index contributed by atoms with van der Waals surface area (Å²) in [7, 11) is 0. The van der Waals surface area contributed by atoms with Crippen LogP contribution in [0.25, 0.3) is 10.1 Å². The van der Waals surface area contributed by atoms with Crippen LogP contribution in [0.2, 0.25) is 0 Å². The van der Waals surface area contributed by atoms with Gasteiger partial charge in [-0.3, -0.25) is 0 Å². The van der Waals surface area contributed by atoms with Crippen LogP contribution in [0.4, 0.5) is 0 Å². The molecule has 2 aromatic rings. The fourth-order valence-corrected chi connectivity index (χ4v) is 2.76. The molecular weight excluding hydrogens is 202 g/mol. The predicted octanol–water partition coefficient (Wildman–Crippen LogP) is 3.35. The van der Waals surface area contributed by atoms with E-state index in [1.165, 1.54) is 20.5 Å². The number of benzene rings is 1. The van der Waals surface area contributed by atoms with Crippen molar-refractivity contribution in [3.63, 3.8) is 0 Å². The first-order valence-corrected chi connectivity index (χ1v) is 5.96. The number of hydrogen-bond donors (Lipinski definition) is 1. The van der Waals surface area contributed by atoms with Crippen molar-refractivity contribution in [3.05, 3.63) is 46.9 Å². The molecule has 0 unspecified atom stereocenters. The molecule has 0 aliphatic carbocycles. The third-order valence-corrected chi connectivity index (χ3v) is 3.66. The van der Waals surface area contributed by atoms with Crippen molar-refractivity contribution >= 4 is 21.4 Å². The second-order valence-electron chi connectivity index (χ2n) is 3.58. The number of allylic oxidation sites excluding steroid dienone is 1. The minimum absolute atomic E-state index is 0.657. The lowest BCUT2D eigenvalue weighted by Crippen LogP contribution is -2.04. The lowest BCUT2D eigenvalue weighted by Gasteiger charge is -1.99. The molecule has 78 valence electrons. The van der Waals surface area contributed by atoms with E-state index in [9.17, 15) is 0 Å². The molecule has 1 aromatic carbocycles. The Morgan fingerprint density at radius 1 is 1.40 bits per heavy atom. The molecule has 2 N–H and O–H groups in total. The first kappa shape index (κ1) is 10.4. The molecule has 0 aliphatic heterocycles. The zero-order valence-corrected chi connectivity index (χ0v) is 9.68. The minimum Gasteiger partial charge on any atom is -0.327 e. The number of hydrogen-bond acceptors (Lipinski definition) is 2. The van der Waals surface area contributed by atoms with Gasteiger partial charge < -0.3 is 5.73 Å². The number of fused-ring (bicyclic) bond motifs is 1. The third-order valence-electron chi connectivity index (χ3n) is 2.55. The Morgan fingerprint density at radius 3 is 2.87 bits per heavy atom. The van der Waals surface area contributed by atoms with Crippen molar-refractivity contribution in [3.8, 4) is 0 Å². The Balaban J connectivity index is 2.29. The van der Waals surface area contributed by atoms with Crippen molar-refractivity contribution in [1.82, 2.24) is 0 Å². The van der Waals surface area contributed by atoms with Gasteiger partial charge in [-0.1, -0.05) is 29.8 Å². The van der Waals surface area contributed by atoms with E-state index in [1.807, 2.05) is 11.3 Å². The summed E-state index contributed by atoms with van der Waals surface area (Å²) in [5.41, 5.74) is 6.97. The maximum atomic E-state index is 5.66. The first-order valence-electron chi connectivity index (χ1n) is 5.15. The van der Waals surface area contributed by atoms with Crippen LogP contribution in [-0.2, 0) is 6.42 Å². The molecule has 15 heavy (non-hydrogen) atoms. The molecule has 2 rings (SSSR count). The van der Waals surface area contributed by atoms with E-state index >= 15 is 0 Å². The topological polar surface area (TPSA) is 26.0 Å². The van der Waals surface area contributed by atoms with Crippen molar-refractivity contribution in [2.24, 2.45) is 5.73 Å². The van der Waals surface area contributed by atoms with Crippen molar-refractivity contribution in [2.75, 3.05) is 6.54 Å². The van der Waals surface area contributed by atoms with E-state index in [0.29, 0.717) is 6.54 Å². The highest BCUT2D eigenvalue weighted by molar-refractivity contribution is 7.19. The van der Waals surface area contributed by atoms with Gasteiger partial charge >= 0.3 is 0 Å². The predicted molar refractivity (Wildman–Crippen MR) is 68.3 cm³/mol. The molecule has 0 radical (unpaired) electrons. The second-order valence-corrected chi connectivity index (χ2v) is 4.75. The van der Waals surface area contributed by atoms with Gasteiger partial charge in [-0.25, -0.2) is 0 Å². The highest BCUT2D eigenvalue weighted by Gasteiger charge is 2.02. The van der Waals surface area contributed by atoms with E-state index < -0.39 is 0 Å². The summed E-state index contributed by atoms with van der Waals surface area (Å²) in [6.07, 6.45) is 3.11. The van der Waals surface area contributed by atoms with Gasteiger partial charge in [0.15, 0.2) is 0 Å². The lowest BCUT2D eigenvalue weighted by atomic mass is 10.1. The first-order chi connectivity index (χ1) is 7.33. The fourth-order valence-electron chi connectivity index (χ4n) is 1.64. The second kappa shape index (κ2) is 4.60. The third kappa shape index (κ3) is 2.28. The normalized spacial score (nSPS) is 12.3. The van der Waals surface area contributed by atoms with Gasteiger partial charge in [-0.05, 0) is 24.4 Å². The van der Waals surface area contributed by atoms with Crippen LogP contribution in [-0.4, -0.2) is 6.54 Å². The van der Waals surface area contributed by atoms with Crippen LogP contribution < -0.4 is 5.73 Å². The van der Waals surface area contributed by atoms with Crippen LogP contribution in [0.5, 0.6) is 0 Å². The molecule has 0 saturated heterocycles. The summed E-state index contributed by atoms with van der Waals surface area (Å²) in [6, 6.07) is 10.8. The molecule has 1 aromatic heterocycles. The zero-order chi connectivity index (χ0) is 10.7. The fraction of sp³-hybridized carbons (Fsp3) is 0.231. The highest BCUT2D eigenvalue weighted by Crippen LogP contribution is 2.26. The Kier molecular flexibility index (Phi) is 3.19. The molecule has 0 saturated carbocycles. The smallest absolute Gasteiger partial charge is 0.0345 e. The summed E-state index contributed by atoms with van der Waals surface area (Å²) < 4.78 is 1.36. The lowest BCUT2D eigenvalue weighted by molar-refractivity contribution is 1.05. The van der Waals surface area contributed by atoms with Crippen LogP contribution >= 0.6 is 11.3 Å². The van der Waals surface area contributed by atoms with Gasteiger partial charge in [0.25, 0.3) is 0 Å². The molecule has 0 atom stereocenters. The molecule has 0 aliphatic rings.